The molecule has 1 N–H and O–H groups in total. The van der Waals surface area contributed by atoms with E-state index in [1.807, 2.05) is 0 Å². The molecule has 0 bridgehead atoms. The van der Waals surface area contributed by atoms with Crippen LogP contribution in [0.4, 0.5) is 13.2 Å². The SMILES string of the molecule is Cc1cc(C(=O)N(CCC2CC23CCCC3)CC(=O)c2c(Cl)cccc2Cl)c(C(F)(F)F)n1C1CCC(C(=O)O)CC1. The van der Waals surface area contributed by atoms with Crippen molar-refractivity contribution in [2.75, 3.05) is 13.1 Å². The monoisotopic (exact) mass is 626 g/mol. The molecule has 1 aromatic heterocycles. The Morgan fingerprint density at radius 1 is 1.07 bits per heavy atom. The van der Waals surface area contributed by atoms with Crippen LogP contribution in [0.15, 0.2) is 24.3 Å². The highest BCUT2D eigenvalue weighted by Gasteiger charge is 2.54. The highest BCUT2D eigenvalue weighted by molar-refractivity contribution is 6.40. The van der Waals surface area contributed by atoms with Gasteiger partial charge in [-0.05, 0) is 87.8 Å². The maximum atomic E-state index is 14.7. The first-order valence-corrected chi connectivity index (χ1v) is 15.4. The van der Waals surface area contributed by atoms with E-state index in [-0.39, 0.29) is 58.9 Å². The van der Waals surface area contributed by atoms with Gasteiger partial charge in [-0.15, -0.1) is 0 Å². The molecule has 42 heavy (non-hydrogen) atoms. The fourth-order valence-corrected chi connectivity index (χ4v) is 8.05. The molecule has 228 valence electrons. The minimum atomic E-state index is -4.84. The number of benzene rings is 1. The van der Waals surface area contributed by atoms with Crippen molar-refractivity contribution in [2.45, 2.75) is 83.4 Å². The summed E-state index contributed by atoms with van der Waals surface area (Å²) in [6.45, 7) is 1.22. The lowest BCUT2D eigenvalue weighted by Crippen LogP contribution is -2.38. The molecule has 2 aromatic rings. The van der Waals surface area contributed by atoms with Crippen LogP contribution >= 0.6 is 23.2 Å². The van der Waals surface area contributed by atoms with Gasteiger partial charge in [0.15, 0.2) is 5.78 Å². The Bertz CT molecular complexity index is 1350. The number of hydrogen-bond acceptors (Lipinski definition) is 3. The molecule has 11 heteroatoms. The Kier molecular flexibility index (Phi) is 8.74. The fourth-order valence-electron chi connectivity index (χ4n) is 7.44. The van der Waals surface area contributed by atoms with Crippen molar-refractivity contribution < 1.29 is 32.7 Å². The highest BCUT2D eigenvalue weighted by Crippen LogP contribution is 2.64. The van der Waals surface area contributed by atoms with Crippen molar-refractivity contribution >= 4 is 40.9 Å². The van der Waals surface area contributed by atoms with Crippen LogP contribution in [0.3, 0.4) is 0 Å². The third kappa shape index (κ3) is 6.09. The lowest BCUT2D eigenvalue weighted by molar-refractivity contribution is -0.147. The molecule has 3 aliphatic rings. The number of Topliss-reactive ketones (excluding diaryl/α,β-unsaturated/α-hetero) is 1. The molecular formula is C31H35Cl2F3N2O4. The maximum absolute atomic E-state index is 14.7. The average Bonchev–Trinajstić information content (AvgIpc) is 3.20. The summed E-state index contributed by atoms with van der Waals surface area (Å²) in [5.41, 5.74) is -0.953. The lowest BCUT2D eigenvalue weighted by Gasteiger charge is -2.31. The van der Waals surface area contributed by atoms with Crippen LogP contribution in [0, 0.1) is 24.2 Å². The number of carbonyl (C=O) groups excluding carboxylic acids is 2. The second kappa shape index (κ2) is 11.9. The first-order valence-electron chi connectivity index (χ1n) is 14.6. The minimum absolute atomic E-state index is 0.0392. The van der Waals surface area contributed by atoms with Crippen LogP contribution in [-0.4, -0.2) is 45.3 Å². The molecule has 0 saturated heterocycles. The molecule has 5 rings (SSSR count). The predicted octanol–water partition coefficient (Wildman–Crippen LogP) is 8.23. The Morgan fingerprint density at radius 2 is 1.69 bits per heavy atom. The zero-order chi connectivity index (χ0) is 30.4. The van der Waals surface area contributed by atoms with Gasteiger partial charge in [-0.3, -0.25) is 14.4 Å². The van der Waals surface area contributed by atoms with Crippen molar-refractivity contribution in [1.29, 1.82) is 0 Å². The highest BCUT2D eigenvalue weighted by atomic mass is 35.5. The van der Waals surface area contributed by atoms with Gasteiger partial charge >= 0.3 is 12.1 Å². The van der Waals surface area contributed by atoms with E-state index < -0.39 is 53.6 Å². The number of ketones is 1. The van der Waals surface area contributed by atoms with E-state index in [0.717, 1.165) is 23.8 Å². The summed E-state index contributed by atoms with van der Waals surface area (Å²) in [5.74, 6) is -2.55. The number of amides is 1. The van der Waals surface area contributed by atoms with Crippen LogP contribution in [-0.2, 0) is 11.0 Å². The first-order chi connectivity index (χ1) is 19.8. The number of carboxylic acid groups (broad SMARTS) is 1. The van der Waals surface area contributed by atoms with Gasteiger partial charge < -0.3 is 14.6 Å². The van der Waals surface area contributed by atoms with Gasteiger partial charge in [0.05, 0.1) is 33.6 Å². The number of alkyl halides is 3. The number of hydrogen-bond donors (Lipinski definition) is 1. The van der Waals surface area contributed by atoms with E-state index in [1.54, 1.807) is 6.07 Å². The van der Waals surface area contributed by atoms with Crippen molar-refractivity contribution in [3.05, 3.63) is 56.8 Å². The third-order valence-electron chi connectivity index (χ3n) is 9.71. The van der Waals surface area contributed by atoms with Crippen molar-refractivity contribution in [3.8, 4) is 0 Å². The number of carboxylic acids is 1. The second-order valence-electron chi connectivity index (χ2n) is 12.3. The van der Waals surface area contributed by atoms with Gasteiger partial charge in [0.2, 0.25) is 0 Å². The summed E-state index contributed by atoms with van der Waals surface area (Å²) in [4.78, 5) is 40.0. The summed E-state index contributed by atoms with van der Waals surface area (Å²) in [7, 11) is 0. The number of aromatic nitrogens is 1. The van der Waals surface area contributed by atoms with E-state index in [0.29, 0.717) is 12.3 Å². The average molecular weight is 628 g/mol. The van der Waals surface area contributed by atoms with E-state index >= 15 is 0 Å². The fraction of sp³-hybridized carbons (Fsp3) is 0.581. The van der Waals surface area contributed by atoms with Crippen LogP contribution in [0.2, 0.25) is 10.0 Å². The van der Waals surface area contributed by atoms with Gasteiger partial charge in [0, 0.05) is 18.3 Å². The minimum Gasteiger partial charge on any atom is -0.481 e. The third-order valence-corrected chi connectivity index (χ3v) is 10.3. The number of halogens is 5. The Balaban J connectivity index is 1.45. The number of nitrogens with zero attached hydrogens (tertiary/aromatic N) is 2. The molecule has 0 aliphatic heterocycles. The first kappa shape index (κ1) is 30.9. The molecule has 6 nitrogen and oxygen atoms in total. The van der Waals surface area contributed by atoms with Crippen molar-refractivity contribution in [2.24, 2.45) is 17.3 Å². The second-order valence-corrected chi connectivity index (χ2v) is 13.1. The summed E-state index contributed by atoms with van der Waals surface area (Å²) in [6.07, 6.45) is 2.46. The largest absolute Gasteiger partial charge is 0.481 e. The molecule has 1 aromatic carbocycles. The predicted molar refractivity (Wildman–Crippen MR) is 153 cm³/mol. The topological polar surface area (TPSA) is 79.6 Å². The van der Waals surface area contributed by atoms with Gasteiger partial charge in [0.25, 0.3) is 5.91 Å². The molecule has 3 fully saturated rings. The normalized spacial score (nSPS) is 23.2. The smallest absolute Gasteiger partial charge is 0.432 e. The molecule has 3 saturated carbocycles. The quantitative estimate of drug-likeness (QED) is 0.284. The molecule has 0 radical (unpaired) electrons. The van der Waals surface area contributed by atoms with Crippen LogP contribution in [0.1, 0.15) is 102 Å². The molecule has 1 spiro atoms. The number of aryl methyl sites for hydroxylation is 1. The van der Waals surface area contributed by atoms with Crippen LogP contribution in [0.5, 0.6) is 0 Å². The zero-order valence-electron chi connectivity index (χ0n) is 23.5. The van der Waals surface area contributed by atoms with Gasteiger partial charge in [-0.1, -0.05) is 42.1 Å². The number of rotatable bonds is 9. The number of carbonyl (C=O) groups is 3. The molecule has 1 unspecified atom stereocenters. The van der Waals surface area contributed by atoms with Crippen molar-refractivity contribution in [3.63, 3.8) is 0 Å². The molecular weight excluding hydrogens is 592 g/mol. The standard InChI is InChI=1S/C31H35Cl2F3N2O4/c1-18-15-22(27(31(34,35)36)38(18)21-9-7-19(8-10-21)29(41)42)28(40)37(14-11-20-16-30(20)12-2-3-13-30)17-25(39)26-23(32)5-4-6-24(26)33/h4-6,15,19-21H,2-3,7-14,16-17H2,1H3,(H,41,42). The van der Waals surface area contributed by atoms with Crippen molar-refractivity contribution in [1.82, 2.24) is 9.47 Å². The van der Waals surface area contributed by atoms with Crippen LogP contribution in [0.25, 0.3) is 0 Å². The molecule has 1 atom stereocenters. The van der Waals surface area contributed by atoms with Crippen LogP contribution < -0.4 is 0 Å². The van der Waals surface area contributed by atoms with E-state index in [1.165, 1.54) is 42.9 Å². The lowest BCUT2D eigenvalue weighted by atomic mass is 9.86. The molecule has 3 aliphatic carbocycles. The van der Waals surface area contributed by atoms with Gasteiger partial charge in [0.1, 0.15) is 5.69 Å². The number of aliphatic carboxylic acids is 1. The van der Waals surface area contributed by atoms with E-state index in [9.17, 15) is 32.7 Å². The maximum Gasteiger partial charge on any atom is 0.432 e. The Labute approximate surface area is 253 Å². The summed E-state index contributed by atoms with van der Waals surface area (Å²) < 4.78 is 45.2. The van der Waals surface area contributed by atoms with Gasteiger partial charge in [-0.25, -0.2) is 0 Å². The summed E-state index contributed by atoms with van der Waals surface area (Å²) in [5, 5.41) is 9.57. The van der Waals surface area contributed by atoms with E-state index in [2.05, 4.69) is 0 Å². The Morgan fingerprint density at radius 3 is 2.26 bits per heavy atom. The van der Waals surface area contributed by atoms with Gasteiger partial charge in [-0.2, -0.15) is 13.2 Å². The summed E-state index contributed by atoms with van der Waals surface area (Å²) >= 11 is 12.5. The van der Waals surface area contributed by atoms with E-state index in [4.69, 9.17) is 23.2 Å². The molecule has 1 heterocycles. The molecule has 1 amide bonds. The zero-order valence-corrected chi connectivity index (χ0v) is 25.0. The summed E-state index contributed by atoms with van der Waals surface area (Å²) in [6, 6.07) is 5.27. The Hall–Kier alpha value is -2.52.